The van der Waals surface area contributed by atoms with Crippen molar-refractivity contribution < 1.29 is 19.1 Å². The highest BCUT2D eigenvalue weighted by Crippen LogP contribution is 2.31. The molecule has 2 amide bonds. The number of methoxy groups -OCH3 is 2. The lowest BCUT2D eigenvalue weighted by Crippen LogP contribution is -2.51. The summed E-state index contributed by atoms with van der Waals surface area (Å²) in [5.41, 5.74) is 2.62. The minimum Gasteiger partial charge on any atom is -0.495 e. The second kappa shape index (κ2) is 9.78. The van der Waals surface area contributed by atoms with Gasteiger partial charge >= 0.3 is 0 Å². The van der Waals surface area contributed by atoms with Gasteiger partial charge in [-0.25, -0.2) is 4.98 Å². The summed E-state index contributed by atoms with van der Waals surface area (Å²) in [6.07, 6.45) is 2.99. The summed E-state index contributed by atoms with van der Waals surface area (Å²) in [6, 6.07) is 9.47. The molecule has 1 saturated heterocycles. The molecule has 3 rings (SSSR count). The molecule has 0 atom stereocenters. The number of anilines is 1. The molecular weight excluding hydrogens is 384 g/mol. The Kier molecular flexibility index (Phi) is 6.90. The van der Waals surface area contributed by atoms with E-state index in [1.54, 1.807) is 30.2 Å². The second-order valence-electron chi connectivity index (χ2n) is 6.77. The van der Waals surface area contributed by atoms with Crippen LogP contribution in [0.4, 0.5) is 5.69 Å². The standard InChI is InChI=1S/C22H26N4O4/c1-4-21(27)25-9-11-26(12-10-25)22(28)15-24-18-13-16(5-6-19(18)29-2)17-7-8-23-20(14-17)30-3/h4-8,13-14,24H,1,9-12,15H2,2-3H3. The number of pyridine rings is 1. The lowest BCUT2D eigenvalue weighted by atomic mass is 10.1. The van der Waals surface area contributed by atoms with E-state index in [1.165, 1.54) is 6.08 Å². The number of aromatic nitrogens is 1. The van der Waals surface area contributed by atoms with Gasteiger partial charge in [0.25, 0.3) is 0 Å². The van der Waals surface area contributed by atoms with Crippen molar-refractivity contribution in [1.82, 2.24) is 14.8 Å². The summed E-state index contributed by atoms with van der Waals surface area (Å²) < 4.78 is 10.6. The first-order chi connectivity index (χ1) is 14.5. The van der Waals surface area contributed by atoms with Crippen LogP contribution in [0, 0.1) is 0 Å². The van der Waals surface area contributed by atoms with Gasteiger partial charge in [0.1, 0.15) is 5.75 Å². The summed E-state index contributed by atoms with van der Waals surface area (Å²) >= 11 is 0. The number of hydrogen-bond acceptors (Lipinski definition) is 6. The van der Waals surface area contributed by atoms with Gasteiger partial charge in [0.15, 0.2) is 0 Å². The normalized spacial score (nSPS) is 13.5. The van der Waals surface area contributed by atoms with E-state index in [0.717, 1.165) is 16.8 Å². The fraction of sp³-hybridized carbons (Fsp3) is 0.318. The van der Waals surface area contributed by atoms with Crippen LogP contribution in [-0.2, 0) is 9.59 Å². The van der Waals surface area contributed by atoms with Gasteiger partial charge < -0.3 is 24.6 Å². The van der Waals surface area contributed by atoms with Gasteiger partial charge in [-0.2, -0.15) is 0 Å². The topological polar surface area (TPSA) is 84.0 Å². The Morgan fingerprint density at radius 1 is 1.07 bits per heavy atom. The maximum absolute atomic E-state index is 12.6. The number of amides is 2. The zero-order valence-corrected chi connectivity index (χ0v) is 17.3. The number of carbonyl (C=O) groups excluding carboxylic acids is 2. The van der Waals surface area contributed by atoms with Gasteiger partial charge in [-0.05, 0) is 35.4 Å². The van der Waals surface area contributed by atoms with E-state index >= 15 is 0 Å². The Bertz CT molecular complexity index is 923. The lowest BCUT2D eigenvalue weighted by Gasteiger charge is -2.34. The van der Waals surface area contributed by atoms with E-state index < -0.39 is 0 Å². The van der Waals surface area contributed by atoms with E-state index in [4.69, 9.17) is 9.47 Å². The maximum atomic E-state index is 12.6. The SMILES string of the molecule is C=CC(=O)N1CCN(C(=O)CNc2cc(-c3ccnc(OC)c3)ccc2OC)CC1. The average molecular weight is 410 g/mol. The molecule has 1 N–H and O–H groups in total. The van der Waals surface area contributed by atoms with Crippen molar-refractivity contribution in [3.8, 4) is 22.8 Å². The second-order valence-corrected chi connectivity index (χ2v) is 6.77. The van der Waals surface area contributed by atoms with Crippen LogP contribution < -0.4 is 14.8 Å². The van der Waals surface area contributed by atoms with Gasteiger partial charge in [0.2, 0.25) is 17.7 Å². The Morgan fingerprint density at radius 2 is 1.77 bits per heavy atom. The van der Waals surface area contributed by atoms with Crippen molar-refractivity contribution in [3.63, 3.8) is 0 Å². The molecule has 1 aliphatic heterocycles. The summed E-state index contributed by atoms with van der Waals surface area (Å²) in [6.45, 7) is 5.68. The van der Waals surface area contributed by atoms with E-state index in [9.17, 15) is 9.59 Å². The minimum absolute atomic E-state index is 0.0289. The van der Waals surface area contributed by atoms with Crippen LogP contribution in [0.3, 0.4) is 0 Å². The van der Waals surface area contributed by atoms with Crippen LogP contribution >= 0.6 is 0 Å². The number of hydrogen-bond donors (Lipinski definition) is 1. The summed E-state index contributed by atoms with van der Waals surface area (Å²) in [5, 5.41) is 3.19. The third-order valence-electron chi connectivity index (χ3n) is 5.03. The highest BCUT2D eigenvalue weighted by molar-refractivity contribution is 5.87. The van der Waals surface area contributed by atoms with Crippen LogP contribution in [0.2, 0.25) is 0 Å². The molecule has 0 radical (unpaired) electrons. The number of piperazine rings is 1. The number of rotatable bonds is 7. The van der Waals surface area contributed by atoms with E-state index in [1.807, 2.05) is 30.3 Å². The van der Waals surface area contributed by atoms with E-state index in [-0.39, 0.29) is 18.4 Å². The smallest absolute Gasteiger partial charge is 0.246 e. The highest BCUT2D eigenvalue weighted by Gasteiger charge is 2.22. The van der Waals surface area contributed by atoms with Crippen LogP contribution in [0.5, 0.6) is 11.6 Å². The molecule has 0 bridgehead atoms. The fourth-order valence-corrected chi connectivity index (χ4v) is 3.31. The highest BCUT2D eigenvalue weighted by atomic mass is 16.5. The van der Waals surface area contributed by atoms with E-state index in [2.05, 4.69) is 16.9 Å². The number of ether oxygens (including phenoxy) is 2. The number of benzene rings is 1. The largest absolute Gasteiger partial charge is 0.495 e. The summed E-state index contributed by atoms with van der Waals surface area (Å²) in [4.78, 5) is 31.9. The van der Waals surface area contributed by atoms with Crippen molar-refractivity contribution in [2.75, 3.05) is 52.3 Å². The number of nitrogens with one attached hydrogen (secondary N) is 1. The molecule has 0 spiro atoms. The molecule has 1 fully saturated rings. The summed E-state index contributed by atoms with van der Waals surface area (Å²) in [7, 11) is 3.17. The monoisotopic (exact) mass is 410 g/mol. The predicted molar refractivity (Wildman–Crippen MR) is 115 cm³/mol. The average Bonchev–Trinajstić information content (AvgIpc) is 2.81. The minimum atomic E-state index is -0.102. The molecule has 8 nitrogen and oxygen atoms in total. The fourth-order valence-electron chi connectivity index (χ4n) is 3.31. The molecule has 158 valence electrons. The maximum Gasteiger partial charge on any atom is 0.246 e. The zero-order valence-electron chi connectivity index (χ0n) is 17.3. The Morgan fingerprint density at radius 3 is 2.43 bits per heavy atom. The lowest BCUT2D eigenvalue weighted by molar-refractivity contribution is -0.135. The Balaban J connectivity index is 1.66. The van der Waals surface area contributed by atoms with Gasteiger partial charge in [0, 0.05) is 38.4 Å². The number of carbonyl (C=O) groups is 2. The predicted octanol–water partition coefficient (Wildman–Crippen LogP) is 2.03. The van der Waals surface area contributed by atoms with Gasteiger partial charge in [0.05, 0.1) is 26.5 Å². The summed E-state index contributed by atoms with van der Waals surface area (Å²) in [5.74, 6) is 1.05. The molecule has 8 heteroatoms. The molecule has 0 saturated carbocycles. The van der Waals surface area contributed by atoms with E-state index in [0.29, 0.717) is 37.8 Å². The third kappa shape index (κ3) is 4.89. The van der Waals surface area contributed by atoms with Gasteiger partial charge in [-0.3, -0.25) is 9.59 Å². The third-order valence-corrected chi connectivity index (χ3v) is 5.03. The molecule has 0 unspecified atom stereocenters. The molecular formula is C22H26N4O4. The first-order valence-corrected chi connectivity index (χ1v) is 9.67. The Labute approximate surface area is 176 Å². The van der Waals surface area contributed by atoms with Gasteiger partial charge in [-0.15, -0.1) is 0 Å². The molecule has 1 aromatic heterocycles. The first-order valence-electron chi connectivity index (χ1n) is 9.67. The van der Waals surface area contributed by atoms with Crippen molar-refractivity contribution in [1.29, 1.82) is 0 Å². The van der Waals surface area contributed by atoms with Gasteiger partial charge in [-0.1, -0.05) is 12.6 Å². The molecule has 2 aromatic rings. The van der Waals surface area contributed by atoms with Crippen LogP contribution in [0.25, 0.3) is 11.1 Å². The molecule has 1 aromatic carbocycles. The quantitative estimate of drug-likeness (QED) is 0.704. The van der Waals surface area contributed by atoms with Crippen molar-refractivity contribution in [2.24, 2.45) is 0 Å². The van der Waals surface area contributed by atoms with Crippen molar-refractivity contribution >= 4 is 17.5 Å². The van der Waals surface area contributed by atoms with Crippen molar-refractivity contribution in [3.05, 3.63) is 49.2 Å². The molecule has 1 aliphatic rings. The van der Waals surface area contributed by atoms with Crippen molar-refractivity contribution in [2.45, 2.75) is 0 Å². The Hall–Kier alpha value is -3.55. The first kappa shape index (κ1) is 21.2. The van der Waals surface area contributed by atoms with Crippen LogP contribution in [0.1, 0.15) is 0 Å². The molecule has 30 heavy (non-hydrogen) atoms. The molecule has 0 aliphatic carbocycles. The molecule has 2 heterocycles. The zero-order chi connectivity index (χ0) is 21.5. The van der Waals surface area contributed by atoms with Crippen LogP contribution in [-0.4, -0.2) is 73.5 Å². The van der Waals surface area contributed by atoms with Crippen LogP contribution in [0.15, 0.2) is 49.2 Å². The number of nitrogens with zero attached hydrogens (tertiary/aromatic N) is 3.